The second kappa shape index (κ2) is 9.71. The zero-order chi connectivity index (χ0) is 19.1. The Morgan fingerprint density at radius 3 is 2.42 bits per heavy atom. The van der Waals surface area contributed by atoms with Crippen LogP contribution in [0.4, 0.5) is 0 Å². The molecule has 1 saturated carbocycles. The van der Waals surface area contributed by atoms with Crippen LogP contribution in [0.3, 0.4) is 0 Å². The Hall–Kier alpha value is -1.89. The Balaban J connectivity index is 2.36. The van der Waals surface area contributed by atoms with Gasteiger partial charge in [0.1, 0.15) is 5.56 Å². The van der Waals surface area contributed by atoms with Crippen LogP contribution < -0.4 is 11.2 Å². The monoisotopic (exact) mass is 364 g/mol. The van der Waals surface area contributed by atoms with Crippen molar-refractivity contribution in [2.24, 2.45) is 4.99 Å². The molecule has 0 saturated heterocycles. The van der Waals surface area contributed by atoms with Gasteiger partial charge < -0.3 is 10.0 Å². The summed E-state index contributed by atoms with van der Waals surface area (Å²) in [5.74, 6) is -0.228. The van der Waals surface area contributed by atoms with Gasteiger partial charge in [-0.2, -0.15) is 0 Å². The number of rotatable bonds is 8. The smallest absolute Gasteiger partial charge is 0.331 e. The van der Waals surface area contributed by atoms with Crippen LogP contribution in [-0.2, 0) is 0 Å². The molecule has 1 fully saturated rings. The molecule has 0 bridgehead atoms. The van der Waals surface area contributed by atoms with Crippen molar-refractivity contribution in [3.63, 3.8) is 0 Å². The zero-order valence-corrected chi connectivity index (χ0v) is 16.3. The van der Waals surface area contributed by atoms with E-state index >= 15 is 0 Å². The Kier molecular flexibility index (Phi) is 7.63. The molecule has 0 aliphatic heterocycles. The lowest BCUT2D eigenvalue weighted by atomic mass is 9.95. The van der Waals surface area contributed by atoms with Gasteiger partial charge in [-0.25, -0.2) is 4.79 Å². The molecule has 1 aliphatic carbocycles. The van der Waals surface area contributed by atoms with E-state index < -0.39 is 11.2 Å². The first-order chi connectivity index (χ1) is 12.5. The van der Waals surface area contributed by atoms with Crippen molar-refractivity contribution in [3.05, 3.63) is 26.4 Å². The Labute approximate surface area is 154 Å². The molecule has 1 heterocycles. The van der Waals surface area contributed by atoms with Crippen molar-refractivity contribution in [3.8, 4) is 5.88 Å². The van der Waals surface area contributed by atoms with Gasteiger partial charge in [0.05, 0.1) is 12.3 Å². The molecule has 146 valence electrons. The first-order valence-corrected chi connectivity index (χ1v) is 9.87. The fourth-order valence-electron chi connectivity index (χ4n) is 3.71. The summed E-state index contributed by atoms with van der Waals surface area (Å²) in [4.78, 5) is 33.9. The molecular formula is C19H32N4O3. The number of aromatic amines is 1. The van der Waals surface area contributed by atoms with Gasteiger partial charge in [0.2, 0.25) is 5.88 Å². The number of aliphatic imine (C=N–C) groups is 1. The number of likely N-dealkylation sites (N-methyl/N-ethyl adjacent to an activating group) is 1. The van der Waals surface area contributed by atoms with E-state index in [0.717, 1.165) is 51.7 Å². The first-order valence-electron chi connectivity index (χ1n) is 9.87. The molecule has 1 aliphatic rings. The van der Waals surface area contributed by atoms with Gasteiger partial charge in [-0.3, -0.25) is 19.3 Å². The highest BCUT2D eigenvalue weighted by Crippen LogP contribution is 2.30. The van der Waals surface area contributed by atoms with Crippen molar-refractivity contribution < 1.29 is 5.11 Å². The normalized spacial score (nSPS) is 16.4. The lowest BCUT2D eigenvalue weighted by molar-refractivity contribution is 0.298. The second-order valence-electron chi connectivity index (χ2n) is 6.83. The summed E-state index contributed by atoms with van der Waals surface area (Å²) < 4.78 is 1.37. The summed E-state index contributed by atoms with van der Waals surface area (Å²) >= 11 is 0. The van der Waals surface area contributed by atoms with E-state index in [-0.39, 0.29) is 17.5 Å². The molecule has 1 aromatic heterocycles. The number of nitrogens with one attached hydrogen (secondary N) is 1. The van der Waals surface area contributed by atoms with Crippen LogP contribution in [0.15, 0.2) is 14.6 Å². The van der Waals surface area contributed by atoms with Gasteiger partial charge in [-0.15, -0.1) is 0 Å². The molecule has 0 amide bonds. The molecule has 0 unspecified atom stereocenters. The standard InChI is InChI=1S/C19H32N4O3/c1-4-15(20-12-13-22(5-2)6-3)16-17(24)21-19(26)23(18(16)25)14-10-8-7-9-11-14/h14,25H,4-13H2,1-3H3,(H,21,24,26). The number of nitrogens with zero attached hydrogens (tertiary/aromatic N) is 3. The maximum Gasteiger partial charge on any atom is 0.331 e. The third kappa shape index (κ3) is 4.63. The van der Waals surface area contributed by atoms with Crippen LogP contribution in [0.5, 0.6) is 5.88 Å². The van der Waals surface area contributed by atoms with Crippen LogP contribution in [0.2, 0.25) is 0 Å². The van der Waals surface area contributed by atoms with Crippen LogP contribution >= 0.6 is 0 Å². The predicted octanol–water partition coefficient (Wildman–Crippen LogP) is 2.29. The highest BCUT2D eigenvalue weighted by molar-refractivity contribution is 6.01. The van der Waals surface area contributed by atoms with Crippen LogP contribution in [-0.4, -0.2) is 51.4 Å². The van der Waals surface area contributed by atoms with E-state index in [0.29, 0.717) is 18.7 Å². The zero-order valence-electron chi connectivity index (χ0n) is 16.3. The Morgan fingerprint density at radius 1 is 1.19 bits per heavy atom. The summed E-state index contributed by atoms with van der Waals surface area (Å²) in [6.07, 6.45) is 5.43. The third-order valence-electron chi connectivity index (χ3n) is 5.29. The number of H-pyrrole nitrogens is 1. The highest BCUT2D eigenvalue weighted by Gasteiger charge is 2.24. The van der Waals surface area contributed by atoms with Crippen LogP contribution in [0.1, 0.15) is 70.9 Å². The average Bonchev–Trinajstić information content (AvgIpc) is 2.64. The topological polar surface area (TPSA) is 90.7 Å². The Bertz CT molecular complexity index is 725. The average molecular weight is 364 g/mol. The minimum absolute atomic E-state index is 0.0550. The minimum Gasteiger partial charge on any atom is -0.494 e. The number of hydrogen-bond acceptors (Lipinski definition) is 5. The van der Waals surface area contributed by atoms with Crippen molar-refractivity contribution >= 4 is 5.71 Å². The molecule has 26 heavy (non-hydrogen) atoms. The summed E-state index contributed by atoms with van der Waals surface area (Å²) in [6, 6.07) is -0.0550. The van der Waals surface area contributed by atoms with Gasteiger partial charge in [-0.05, 0) is 32.4 Å². The molecule has 2 N–H and O–H groups in total. The van der Waals surface area contributed by atoms with Gasteiger partial charge in [-0.1, -0.05) is 40.0 Å². The van der Waals surface area contributed by atoms with Gasteiger partial charge in [0, 0.05) is 12.6 Å². The summed E-state index contributed by atoms with van der Waals surface area (Å²) in [5, 5.41) is 10.8. The van der Waals surface area contributed by atoms with Gasteiger partial charge in [0.15, 0.2) is 0 Å². The van der Waals surface area contributed by atoms with Crippen molar-refractivity contribution in [2.75, 3.05) is 26.2 Å². The van der Waals surface area contributed by atoms with E-state index in [1.54, 1.807) is 0 Å². The molecule has 7 nitrogen and oxygen atoms in total. The predicted molar refractivity (Wildman–Crippen MR) is 105 cm³/mol. The van der Waals surface area contributed by atoms with E-state index in [4.69, 9.17) is 0 Å². The number of aromatic nitrogens is 2. The molecule has 0 spiro atoms. The van der Waals surface area contributed by atoms with Crippen LogP contribution in [0, 0.1) is 0 Å². The maximum absolute atomic E-state index is 12.4. The summed E-state index contributed by atoms with van der Waals surface area (Å²) in [5.41, 5.74) is -0.373. The first kappa shape index (κ1) is 20.4. The molecule has 0 aromatic carbocycles. The lowest BCUT2D eigenvalue weighted by Crippen LogP contribution is -2.36. The van der Waals surface area contributed by atoms with E-state index in [9.17, 15) is 14.7 Å². The quantitative estimate of drug-likeness (QED) is 0.693. The van der Waals surface area contributed by atoms with Crippen LogP contribution in [0.25, 0.3) is 0 Å². The molecule has 0 atom stereocenters. The van der Waals surface area contributed by atoms with Gasteiger partial charge >= 0.3 is 5.69 Å². The summed E-state index contributed by atoms with van der Waals surface area (Å²) in [7, 11) is 0. The number of hydrogen-bond donors (Lipinski definition) is 2. The van der Waals surface area contributed by atoms with Crippen molar-refractivity contribution in [2.45, 2.75) is 65.3 Å². The van der Waals surface area contributed by atoms with Crippen molar-refractivity contribution in [1.29, 1.82) is 0 Å². The largest absolute Gasteiger partial charge is 0.494 e. The molecule has 0 radical (unpaired) electrons. The highest BCUT2D eigenvalue weighted by atomic mass is 16.3. The summed E-state index contributed by atoms with van der Waals surface area (Å²) in [6.45, 7) is 9.38. The molecular weight excluding hydrogens is 332 g/mol. The SMILES string of the molecule is CCC(=NCCN(CC)CC)c1c(O)n(C2CCCCC2)c(=O)[nH]c1=O. The Morgan fingerprint density at radius 2 is 1.85 bits per heavy atom. The van der Waals surface area contributed by atoms with Crippen molar-refractivity contribution in [1.82, 2.24) is 14.5 Å². The maximum atomic E-state index is 12.4. The molecule has 2 rings (SSSR count). The lowest BCUT2D eigenvalue weighted by Gasteiger charge is -2.25. The fraction of sp³-hybridized carbons (Fsp3) is 0.737. The molecule has 7 heteroatoms. The third-order valence-corrected chi connectivity index (χ3v) is 5.29. The van der Waals surface area contributed by atoms with E-state index in [1.165, 1.54) is 4.57 Å². The van der Waals surface area contributed by atoms with Gasteiger partial charge in [0.25, 0.3) is 5.56 Å². The second-order valence-corrected chi connectivity index (χ2v) is 6.83. The number of aromatic hydroxyl groups is 1. The fourth-order valence-corrected chi connectivity index (χ4v) is 3.71. The molecule has 1 aromatic rings. The van der Waals surface area contributed by atoms with E-state index in [2.05, 4.69) is 28.7 Å². The van der Waals surface area contributed by atoms with E-state index in [1.807, 2.05) is 6.92 Å². The minimum atomic E-state index is -0.553.